The van der Waals surface area contributed by atoms with E-state index in [1.165, 1.54) is 0 Å². The van der Waals surface area contributed by atoms with Gasteiger partial charge in [-0.05, 0) is 49.4 Å². The van der Waals surface area contributed by atoms with Crippen molar-refractivity contribution < 1.29 is 5.11 Å². The fourth-order valence-electron chi connectivity index (χ4n) is 4.20. The average Bonchev–Trinajstić information content (AvgIpc) is 3.05. The Morgan fingerprint density at radius 3 is 2.11 bits per heavy atom. The van der Waals surface area contributed by atoms with Gasteiger partial charge in [0.15, 0.2) is 0 Å². The maximum atomic E-state index is 13.1. The highest BCUT2D eigenvalue weighted by atomic mass is 35.5. The maximum absolute atomic E-state index is 13.1. The highest BCUT2D eigenvalue weighted by molar-refractivity contribution is 6.36. The van der Waals surface area contributed by atoms with E-state index in [1.54, 1.807) is 21.5 Å². The third-order valence-electron chi connectivity index (χ3n) is 5.65. The Bertz CT molecular complexity index is 1040. The van der Waals surface area contributed by atoms with Crippen LogP contribution in [0.4, 0.5) is 0 Å². The number of hydrogen-bond donors (Lipinski definition) is 0. The Hall–Kier alpha value is -2.17. The molecule has 0 fully saturated rings. The van der Waals surface area contributed by atoms with Gasteiger partial charge in [-0.1, -0.05) is 59.6 Å². The second-order valence-electron chi connectivity index (χ2n) is 7.09. The first-order valence-corrected chi connectivity index (χ1v) is 9.69. The summed E-state index contributed by atoms with van der Waals surface area (Å²) in [4.78, 5) is 13.1. The summed E-state index contributed by atoms with van der Waals surface area (Å²) in [6.07, 6.45) is 0.606. The van der Waals surface area contributed by atoms with Crippen molar-refractivity contribution in [1.82, 2.24) is 9.36 Å². The molecule has 140 valence electrons. The van der Waals surface area contributed by atoms with Gasteiger partial charge in [0.2, 0.25) is 0 Å². The lowest BCUT2D eigenvalue weighted by molar-refractivity contribution is -0.279. The van der Waals surface area contributed by atoms with Crippen LogP contribution in [0.2, 0.25) is 10.0 Å². The molecule has 1 aliphatic rings. The Kier molecular flexibility index (Phi) is 4.57. The lowest BCUT2D eigenvalue weighted by Crippen LogP contribution is -2.23. The first kappa shape index (κ1) is 18.2. The van der Waals surface area contributed by atoms with Crippen LogP contribution in [0.3, 0.4) is 0 Å². The van der Waals surface area contributed by atoms with Crippen molar-refractivity contribution in [2.75, 3.05) is 0 Å². The van der Waals surface area contributed by atoms with Crippen LogP contribution in [0.25, 0.3) is 11.1 Å². The van der Waals surface area contributed by atoms with E-state index in [1.807, 2.05) is 50.2 Å². The molecule has 1 aliphatic heterocycles. The molecule has 1 aromatic heterocycles. The summed E-state index contributed by atoms with van der Waals surface area (Å²) in [7, 11) is 0. The van der Waals surface area contributed by atoms with E-state index in [4.69, 9.17) is 23.2 Å². The number of nitrogens with zero attached hydrogens (tertiary/aromatic N) is 2. The summed E-state index contributed by atoms with van der Waals surface area (Å²) in [6.45, 7) is 3.95. The molecule has 0 spiro atoms. The van der Waals surface area contributed by atoms with Crippen LogP contribution in [-0.4, -0.2) is 9.36 Å². The standard InChI is InChI=1S/C21H20Cl2N2O2/c1-12-15(11-16-17(22)9-6-10-18(16)23)13(2)25-21(27)19(20(26)24(12)25)14-7-4-3-5-8-14/h3-10,12-13,15,26H,11H2,1-2H3/p-1. The van der Waals surface area contributed by atoms with E-state index < -0.39 is 0 Å². The summed E-state index contributed by atoms with van der Waals surface area (Å²) in [5.74, 6) is -0.189. The van der Waals surface area contributed by atoms with Crippen molar-refractivity contribution >= 4 is 23.2 Å². The van der Waals surface area contributed by atoms with Gasteiger partial charge in [0.25, 0.3) is 5.56 Å². The van der Waals surface area contributed by atoms with Crippen molar-refractivity contribution in [2.24, 2.45) is 5.92 Å². The van der Waals surface area contributed by atoms with Crippen molar-refractivity contribution in [3.63, 3.8) is 0 Å². The quantitative estimate of drug-likeness (QED) is 0.638. The van der Waals surface area contributed by atoms with E-state index >= 15 is 0 Å². The minimum Gasteiger partial charge on any atom is -0.858 e. The number of fused-ring (bicyclic) bond motifs is 1. The van der Waals surface area contributed by atoms with Crippen molar-refractivity contribution in [3.8, 4) is 17.0 Å². The zero-order valence-corrected chi connectivity index (χ0v) is 16.5. The molecule has 2 heterocycles. The SMILES string of the molecule is CC1C(Cc2c(Cl)cccc2Cl)C(C)n2c(=O)c(-c3ccccc3)c([O-])n21. The summed E-state index contributed by atoms with van der Waals surface area (Å²) in [5, 5.41) is 14.3. The molecule has 0 aliphatic carbocycles. The monoisotopic (exact) mass is 401 g/mol. The van der Waals surface area contributed by atoms with Gasteiger partial charge in [0.1, 0.15) is 0 Å². The molecule has 3 unspecified atom stereocenters. The molecular weight excluding hydrogens is 383 g/mol. The van der Waals surface area contributed by atoms with E-state index in [0.717, 1.165) is 5.56 Å². The highest BCUT2D eigenvalue weighted by Gasteiger charge is 2.38. The molecule has 0 bridgehead atoms. The van der Waals surface area contributed by atoms with E-state index in [2.05, 4.69) is 0 Å². The van der Waals surface area contributed by atoms with E-state index in [0.29, 0.717) is 22.0 Å². The Morgan fingerprint density at radius 1 is 0.926 bits per heavy atom. The second kappa shape index (κ2) is 6.77. The number of benzene rings is 2. The van der Waals surface area contributed by atoms with Crippen LogP contribution in [0, 0.1) is 5.92 Å². The highest BCUT2D eigenvalue weighted by Crippen LogP contribution is 2.43. The molecule has 3 atom stereocenters. The van der Waals surface area contributed by atoms with Crippen LogP contribution in [0.1, 0.15) is 31.5 Å². The minimum absolute atomic E-state index is 0.0487. The van der Waals surface area contributed by atoms with E-state index in [9.17, 15) is 9.90 Å². The predicted octanol–water partition coefficient (Wildman–Crippen LogP) is 4.69. The molecule has 4 nitrogen and oxygen atoms in total. The van der Waals surface area contributed by atoms with Crippen LogP contribution >= 0.6 is 23.2 Å². The van der Waals surface area contributed by atoms with Gasteiger partial charge in [-0.3, -0.25) is 9.48 Å². The minimum atomic E-state index is -0.238. The number of rotatable bonds is 3. The van der Waals surface area contributed by atoms with Gasteiger partial charge in [0.05, 0.1) is 17.6 Å². The van der Waals surface area contributed by atoms with Crippen molar-refractivity contribution in [1.29, 1.82) is 0 Å². The molecule has 0 amide bonds. The lowest BCUT2D eigenvalue weighted by atomic mass is 9.88. The molecule has 4 rings (SSSR count). The van der Waals surface area contributed by atoms with Gasteiger partial charge < -0.3 is 5.11 Å². The molecule has 3 aromatic rings. The Balaban J connectivity index is 1.77. The molecule has 0 N–H and O–H groups in total. The second-order valence-corrected chi connectivity index (χ2v) is 7.90. The summed E-state index contributed by atoms with van der Waals surface area (Å²) in [6, 6.07) is 14.3. The zero-order chi connectivity index (χ0) is 19.3. The van der Waals surface area contributed by atoms with Crippen molar-refractivity contribution in [3.05, 3.63) is 74.5 Å². The van der Waals surface area contributed by atoms with Crippen molar-refractivity contribution in [2.45, 2.75) is 32.4 Å². The third kappa shape index (κ3) is 2.79. The fourth-order valence-corrected chi connectivity index (χ4v) is 4.75. The van der Waals surface area contributed by atoms with Crippen LogP contribution in [0.5, 0.6) is 5.88 Å². The first-order valence-electron chi connectivity index (χ1n) is 8.94. The molecule has 0 radical (unpaired) electrons. The summed E-state index contributed by atoms with van der Waals surface area (Å²) in [5.41, 5.74) is 1.52. The molecule has 2 aromatic carbocycles. The normalized spacial score (nSPS) is 21.4. The van der Waals surface area contributed by atoms with Gasteiger partial charge >= 0.3 is 0 Å². The Morgan fingerprint density at radius 2 is 1.52 bits per heavy atom. The molecular formula is C21H19Cl2N2O2-. The first-order chi connectivity index (χ1) is 12.9. The summed E-state index contributed by atoms with van der Waals surface area (Å²) >= 11 is 12.7. The molecule has 27 heavy (non-hydrogen) atoms. The number of aromatic nitrogens is 2. The fraction of sp³-hybridized carbons (Fsp3) is 0.286. The van der Waals surface area contributed by atoms with Gasteiger partial charge in [-0.2, -0.15) is 0 Å². The van der Waals surface area contributed by atoms with Gasteiger partial charge in [-0.15, -0.1) is 0 Å². The zero-order valence-electron chi connectivity index (χ0n) is 15.0. The van der Waals surface area contributed by atoms with Gasteiger partial charge in [0, 0.05) is 16.0 Å². The lowest BCUT2D eigenvalue weighted by Gasteiger charge is -2.23. The van der Waals surface area contributed by atoms with Gasteiger partial charge in [-0.25, -0.2) is 4.68 Å². The number of hydrogen-bond acceptors (Lipinski definition) is 2. The molecule has 0 saturated heterocycles. The smallest absolute Gasteiger partial charge is 0.274 e. The largest absolute Gasteiger partial charge is 0.858 e. The topological polar surface area (TPSA) is 50.0 Å². The molecule has 6 heteroatoms. The average molecular weight is 402 g/mol. The third-order valence-corrected chi connectivity index (χ3v) is 6.36. The molecule has 0 saturated carbocycles. The van der Waals surface area contributed by atoms with Crippen LogP contribution in [0.15, 0.2) is 53.3 Å². The Labute approximate surface area is 167 Å². The van der Waals surface area contributed by atoms with Crippen LogP contribution in [-0.2, 0) is 6.42 Å². The van der Waals surface area contributed by atoms with E-state index in [-0.39, 0.29) is 35.0 Å². The number of halogens is 2. The van der Waals surface area contributed by atoms with Crippen LogP contribution < -0.4 is 10.7 Å². The summed E-state index contributed by atoms with van der Waals surface area (Å²) < 4.78 is 3.20. The predicted molar refractivity (Wildman–Crippen MR) is 107 cm³/mol. The maximum Gasteiger partial charge on any atom is 0.274 e.